The van der Waals surface area contributed by atoms with Crippen LogP contribution in [0.1, 0.15) is 17.4 Å². The summed E-state index contributed by atoms with van der Waals surface area (Å²) >= 11 is 0. The third-order valence-corrected chi connectivity index (χ3v) is 3.08. The van der Waals surface area contributed by atoms with Crippen LogP contribution >= 0.6 is 0 Å². The molecule has 1 saturated heterocycles. The zero-order valence-electron chi connectivity index (χ0n) is 10.4. The van der Waals surface area contributed by atoms with Crippen LogP contribution in [0.3, 0.4) is 0 Å². The van der Waals surface area contributed by atoms with E-state index < -0.39 is 4.92 Å². The first-order valence-corrected chi connectivity index (χ1v) is 5.82. The molecule has 1 amide bonds. The highest BCUT2D eigenvalue weighted by atomic mass is 16.6. The van der Waals surface area contributed by atoms with Crippen molar-refractivity contribution in [1.29, 1.82) is 0 Å². The molecule has 0 aliphatic carbocycles. The van der Waals surface area contributed by atoms with Crippen LogP contribution in [0.4, 0.5) is 5.69 Å². The first-order chi connectivity index (χ1) is 8.49. The molecule has 1 aromatic rings. The van der Waals surface area contributed by atoms with Gasteiger partial charge in [0, 0.05) is 38.8 Å². The van der Waals surface area contributed by atoms with Crippen molar-refractivity contribution in [3.63, 3.8) is 0 Å². The summed E-state index contributed by atoms with van der Waals surface area (Å²) in [7, 11) is 1.64. The molecule has 1 fully saturated rings. The Kier molecular flexibility index (Phi) is 3.33. The summed E-state index contributed by atoms with van der Waals surface area (Å²) in [5.41, 5.74) is 0.305. The Morgan fingerprint density at radius 1 is 1.61 bits per heavy atom. The van der Waals surface area contributed by atoms with Crippen molar-refractivity contribution >= 4 is 11.6 Å². The lowest BCUT2D eigenvalue weighted by Gasteiger charge is -2.31. The Labute approximate surface area is 105 Å². The van der Waals surface area contributed by atoms with Gasteiger partial charge in [0.2, 0.25) is 0 Å². The van der Waals surface area contributed by atoms with Crippen molar-refractivity contribution in [2.45, 2.75) is 13.0 Å². The smallest absolute Gasteiger partial charge is 0.287 e. The van der Waals surface area contributed by atoms with Gasteiger partial charge in [-0.2, -0.15) is 0 Å². The maximum absolute atomic E-state index is 12.3. The van der Waals surface area contributed by atoms with Gasteiger partial charge in [0.15, 0.2) is 0 Å². The van der Waals surface area contributed by atoms with E-state index in [0.29, 0.717) is 18.8 Å². The van der Waals surface area contributed by atoms with Crippen LogP contribution < -0.4 is 5.32 Å². The third-order valence-electron chi connectivity index (χ3n) is 3.08. The number of nitro groups is 1. The summed E-state index contributed by atoms with van der Waals surface area (Å²) in [6.45, 7) is 4.01. The van der Waals surface area contributed by atoms with Gasteiger partial charge >= 0.3 is 0 Å². The first-order valence-electron chi connectivity index (χ1n) is 5.82. The van der Waals surface area contributed by atoms with Crippen LogP contribution in [0.2, 0.25) is 0 Å². The lowest BCUT2D eigenvalue weighted by atomic mass is 10.2. The molecule has 2 heterocycles. The molecule has 1 aliphatic heterocycles. The molecule has 1 aromatic heterocycles. The highest BCUT2D eigenvalue weighted by Crippen LogP contribution is 2.17. The molecule has 1 N–H and O–H groups in total. The molecule has 7 heteroatoms. The van der Waals surface area contributed by atoms with Crippen molar-refractivity contribution in [1.82, 2.24) is 14.8 Å². The second-order valence-corrected chi connectivity index (χ2v) is 4.56. The average Bonchev–Trinajstić information content (AvgIpc) is 2.70. The standard InChI is InChI=1S/C11H16N4O3/c1-8-6-14(4-3-12-8)11(16)10-5-9(15(17)18)7-13(10)2/h5,7-8,12H,3-4,6H2,1-2H3/t8-/m0/s1. The molecular formula is C11H16N4O3. The molecule has 0 unspecified atom stereocenters. The van der Waals surface area contributed by atoms with Gasteiger partial charge in [-0.3, -0.25) is 14.9 Å². The summed E-state index contributed by atoms with van der Waals surface area (Å²) in [5, 5.41) is 13.9. The van der Waals surface area contributed by atoms with E-state index in [1.54, 1.807) is 11.9 Å². The van der Waals surface area contributed by atoms with E-state index in [4.69, 9.17) is 0 Å². The summed E-state index contributed by atoms with van der Waals surface area (Å²) < 4.78 is 1.51. The second-order valence-electron chi connectivity index (χ2n) is 4.56. The van der Waals surface area contributed by atoms with E-state index in [2.05, 4.69) is 5.32 Å². The lowest BCUT2D eigenvalue weighted by molar-refractivity contribution is -0.384. The van der Waals surface area contributed by atoms with E-state index in [1.807, 2.05) is 6.92 Å². The maximum Gasteiger partial charge on any atom is 0.287 e. The van der Waals surface area contributed by atoms with Gasteiger partial charge in [-0.1, -0.05) is 0 Å². The topological polar surface area (TPSA) is 80.4 Å². The fraction of sp³-hybridized carbons (Fsp3) is 0.545. The van der Waals surface area contributed by atoms with E-state index in [0.717, 1.165) is 6.54 Å². The number of rotatable bonds is 2. The molecule has 0 radical (unpaired) electrons. The molecule has 1 aliphatic rings. The highest BCUT2D eigenvalue weighted by Gasteiger charge is 2.25. The molecule has 0 aromatic carbocycles. The molecule has 98 valence electrons. The zero-order chi connectivity index (χ0) is 13.3. The predicted octanol–water partition coefficient (Wildman–Crippen LogP) is 0.367. The van der Waals surface area contributed by atoms with E-state index in [9.17, 15) is 14.9 Å². The third kappa shape index (κ3) is 2.35. The van der Waals surface area contributed by atoms with Gasteiger partial charge < -0.3 is 14.8 Å². The van der Waals surface area contributed by atoms with Gasteiger partial charge in [-0.25, -0.2) is 0 Å². The minimum Gasteiger partial charge on any atom is -0.340 e. The fourth-order valence-corrected chi connectivity index (χ4v) is 2.14. The number of amides is 1. The Balaban J connectivity index is 2.20. The summed E-state index contributed by atoms with van der Waals surface area (Å²) in [6.07, 6.45) is 1.36. The molecule has 2 rings (SSSR count). The van der Waals surface area contributed by atoms with Gasteiger partial charge in [0.1, 0.15) is 5.69 Å². The largest absolute Gasteiger partial charge is 0.340 e. The van der Waals surface area contributed by atoms with Crippen LogP contribution in [0, 0.1) is 10.1 Å². The van der Waals surface area contributed by atoms with Crippen LogP contribution in [-0.2, 0) is 7.05 Å². The lowest BCUT2D eigenvalue weighted by Crippen LogP contribution is -2.51. The predicted molar refractivity (Wildman–Crippen MR) is 65.4 cm³/mol. The highest BCUT2D eigenvalue weighted by molar-refractivity contribution is 5.93. The molecule has 0 spiro atoms. The van der Waals surface area contributed by atoms with Crippen molar-refractivity contribution < 1.29 is 9.72 Å². The number of nitrogens with zero attached hydrogens (tertiary/aromatic N) is 3. The molecular weight excluding hydrogens is 236 g/mol. The van der Waals surface area contributed by atoms with E-state index >= 15 is 0 Å². The number of aromatic nitrogens is 1. The Hall–Kier alpha value is -1.89. The van der Waals surface area contributed by atoms with Crippen LogP contribution in [0.15, 0.2) is 12.3 Å². The Bertz CT molecular complexity index is 483. The Morgan fingerprint density at radius 2 is 2.33 bits per heavy atom. The van der Waals surface area contributed by atoms with Crippen LogP contribution in [0.5, 0.6) is 0 Å². The quantitative estimate of drug-likeness (QED) is 0.609. The summed E-state index contributed by atoms with van der Waals surface area (Å²) in [5.74, 6) is -0.154. The minimum absolute atomic E-state index is 0.0518. The summed E-state index contributed by atoms with van der Waals surface area (Å²) in [4.78, 5) is 24.2. The number of carbonyl (C=O) groups is 1. The number of aryl methyl sites for hydroxylation is 1. The molecule has 7 nitrogen and oxygen atoms in total. The first kappa shape index (κ1) is 12.6. The van der Waals surface area contributed by atoms with Crippen molar-refractivity contribution in [3.05, 3.63) is 28.1 Å². The SMILES string of the molecule is C[C@H]1CN(C(=O)c2cc([N+](=O)[O-])cn2C)CCN1. The van der Waals surface area contributed by atoms with Crippen LogP contribution in [-0.4, -0.2) is 46.0 Å². The number of hydrogen-bond donors (Lipinski definition) is 1. The van der Waals surface area contributed by atoms with Gasteiger partial charge in [0.25, 0.3) is 11.6 Å². The van der Waals surface area contributed by atoms with E-state index in [-0.39, 0.29) is 17.6 Å². The van der Waals surface area contributed by atoms with Crippen LogP contribution in [0.25, 0.3) is 0 Å². The van der Waals surface area contributed by atoms with Gasteiger partial charge in [-0.15, -0.1) is 0 Å². The summed E-state index contributed by atoms with van der Waals surface area (Å²) in [6, 6.07) is 1.58. The average molecular weight is 252 g/mol. The minimum atomic E-state index is -0.489. The molecule has 1 atom stereocenters. The number of hydrogen-bond acceptors (Lipinski definition) is 4. The van der Waals surface area contributed by atoms with Crippen molar-refractivity contribution in [2.24, 2.45) is 7.05 Å². The number of carbonyl (C=O) groups excluding carboxylic acids is 1. The molecule has 18 heavy (non-hydrogen) atoms. The Morgan fingerprint density at radius 3 is 2.89 bits per heavy atom. The van der Waals surface area contributed by atoms with Crippen molar-refractivity contribution in [2.75, 3.05) is 19.6 Å². The fourth-order valence-electron chi connectivity index (χ4n) is 2.14. The molecule has 0 saturated carbocycles. The zero-order valence-corrected chi connectivity index (χ0v) is 10.4. The maximum atomic E-state index is 12.3. The van der Waals surface area contributed by atoms with E-state index in [1.165, 1.54) is 16.8 Å². The van der Waals surface area contributed by atoms with Crippen molar-refractivity contribution in [3.8, 4) is 0 Å². The van der Waals surface area contributed by atoms with Gasteiger partial charge in [0.05, 0.1) is 11.1 Å². The second kappa shape index (κ2) is 4.77. The normalized spacial score (nSPS) is 19.9. The number of piperazine rings is 1. The molecule has 0 bridgehead atoms. The monoisotopic (exact) mass is 252 g/mol. The van der Waals surface area contributed by atoms with Gasteiger partial charge in [-0.05, 0) is 6.92 Å². The number of nitrogens with one attached hydrogen (secondary N) is 1.